The number of benzene rings is 1. The van der Waals surface area contributed by atoms with Crippen LogP contribution in [0.15, 0.2) is 28.1 Å². The van der Waals surface area contributed by atoms with Gasteiger partial charge in [0.15, 0.2) is 5.96 Å². The number of hydrogen-bond donors (Lipinski definition) is 1. The second-order valence-corrected chi connectivity index (χ2v) is 7.11. The van der Waals surface area contributed by atoms with Crippen molar-refractivity contribution in [1.29, 1.82) is 0 Å². The Kier molecular flexibility index (Phi) is 6.58. The van der Waals surface area contributed by atoms with Gasteiger partial charge in [0, 0.05) is 39.8 Å². The van der Waals surface area contributed by atoms with Crippen LogP contribution in [0, 0.1) is 5.82 Å². The number of nitrogens with one attached hydrogen (secondary N) is 1. The molecule has 0 heterocycles. The fraction of sp³-hybridized carbons (Fsp3) is 0.462. The van der Waals surface area contributed by atoms with Crippen LogP contribution in [0.4, 0.5) is 4.39 Å². The summed E-state index contributed by atoms with van der Waals surface area (Å²) in [5.41, 5.74) is 0. The normalized spacial score (nSPS) is 11.2. The van der Waals surface area contributed by atoms with Gasteiger partial charge in [-0.1, -0.05) is 11.6 Å². The molecule has 6 nitrogen and oxygen atoms in total. The highest BCUT2D eigenvalue weighted by Crippen LogP contribution is 2.18. The van der Waals surface area contributed by atoms with Crippen molar-refractivity contribution in [3.8, 4) is 0 Å². The van der Waals surface area contributed by atoms with Gasteiger partial charge in [0.05, 0.1) is 6.54 Å². The standard InChI is InChI=1S/C13H20ClFN4O2S/c1-18(2)13(19(3)4)16-7-8-17-22(20,21)12-6-5-10(14)9-11(12)15/h5-6,9,17H,7-8H2,1-4H3. The lowest BCUT2D eigenvalue weighted by Gasteiger charge is -2.22. The van der Waals surface area contributed by atoms with E-state index in [0.29, 0.717) is 5.96 Å². The summed E-state index contributed by atoms with van der Waals surface area (Å²) < 4.78 is 40.0. The van der Waals surface area contributed by atoms with E-state index < -0.39 is 20.7 Å². The number of halogens is 2. The maximum Gasteiger partial charge on any atom is 0.243 e. The average molecular weight is 351 g/mol. The lowest BCUT2D eigenvalue weighted by molar-refractivity contribution is 0.479. The molecular weight excluding hydrogens is 331 g/mol. The molecule has 1 rings (SSSR count). The average Bonchev–Trinajstić information content (AvgIpc) is 2.36. The number of guanidine groups is 1. The zero-order valence-electron chi connectivity index (χ0n) is 13.0. The molecule has 0 unspecified atom stereocenters. The van der Waals surface area contributed by atoms with Gasteiger partial charge in [0.1, 0.15) is 10.7 Å². The van der Waals surface area contributed by atoms with Gasteiger partial charge >= 0.3 is 0 Å². The zero-order valence-corrected chi connectivity index (χ0v) is 14.5. The van der Waals surface area contributed by atoms with Crippen LogP contribution < -0.4 is 4.72 Å². The first-order chi connectivity index (χ1) is 10.1. The Morgan fingerprint density at radius 1 is 1.27 bits per heavy atom. The topological polar surface area (TPSA) is 65.0 Å². The van der Waals surface area contributed by atoms with Crippen molar-refractivity contribution < 1.29 is 12.8 Å². The number of aliphatic imine (C=N–C) groups is 1. The Hall–Kier alpha value is -1.38. The molecule has 0 aliphatic heterocycles. The summed E-state index contributed by atoms with van der Waals surface area (Å²) in [6, 6.07) is 3.42. The van der Waals surface area contributed by atoms with E-state index >= 15 is 0 Å². The summed E-state index contributed by atoms with van der Waals surface area (Å²) in [7, 11) is 3.43. The molecule has 0 saturated heterocycles. The summed E-state index contributed by atoms with van der Waals surface area (Å²) in [6.45, 7) is 0.301. The van der Waals surface area contributed by atoms with Crippen LogP contribution in [0.2, 0.25) is 5.02 Å². The molecule has 9 heteroatoms. The van der Waals surface area contributed by atoms with E-state index in [9.17, 15) is 12.8 Å². The molecule has 0 spiro atoms. The number of sulfonamides is 1. The van der Waals surface area contributed by atoms with Crippen molar-refractivity contribution in [2.45, 2.75) is 4.90 Å². The van der Waals surface area contributed by atoms with Crippen LogP contribution in [-0.4, -0.2) is 65.5 Å². The molecule has 0 fully saturated rings. The van der Waals surface area contributed by atoms with Crippen molar-refractivity contribution in [1.82, 2.24) is 14.5 Å². The molecule has 1 aromatic carbocycles. The molecule has 0 aliphatic rings. The van der Waals surface area contributed by atoms with Crippen LogP contribution in [-0.2, 0) is 10.0 Å². The summed E-state index contributed by atoms with van der Waals surface area (Å²) in [6.07, 6.45) is 0. The van der Waals surface area contributed by atoms with Crippen molar-refractivity contribution in [2.75, 3.05) is 41.3 Å². The Morgan fingerprint density at radius 3 is 2.36 bits per heavy atom. The smallest absolute Gasteiger partial charge is 0.243 e. The Balaban J connectivity index is 2.73. The molecule has 0 radical (unpaired) electrons. The van der Waals surface area contributed by atoms with E-state index in [1.807, 2.05) is 38.0 Å². The maximum atomic E-state index is 13.7. The van der Waals surface area contributed by atoms with Crippen LogP contribution in [0.3, 0.4) is 0 Å². The van der Waals surface area contributed by atoms with E-state index in [0.717, 1.165) is 12.1 Å². The van der Waals surface area contributed by atoms with Crippen molar-refractivity contribution >= 4 is 27.6 Å². The van der Waals surface area contributed by atoms with Crippen LogP contribution in [0.25, 0.3) is 0 Å². The molecule has 0 amide bonds. The number of hydrogen-bond acceptors (Lipinski definition) is 3. The van der Waals surface area contributed by atoms with Gasteiger partial charge in [0.25, 0.3) is 0 Å². The van der Waals surface area contributed by atoms with Gasteiger partial charge in [0.2, 0.25) is 10.0 Å². The molecule has 0 saturated carbocycles. The van der Waals surface area contributed by atoms with Crippen LogP contribution in [0.5, 0.6) is 0 Å². The second-order valence-electron chi connectivity index (χ2n) is 4.94. The van der Waals surface area contributed by atoms with Gasteiger partial charge in [-0.3, -0.25) is 4.99 Å². The lowest BCUT2D eigenvalue weighted by Crippen LogP contribution is -2.36. The second kappa shape index (κ2) is 7.75. The molecule has 1 aromatic rings. The van der Waals surface area contributed by atoms with Crippen molar-refractivity contribution in [3.05, 3.63) is 29.0 Å². The number of nitrogens with zero attached hydrogens (tertiary/aromatic N) is 3. The molecule has 1 N–H and O–H groups in total. The summed E-state index contributed by atoms with van der Waals surface area (Å²) in [5.74, 6) is -0.178. The lowest BCUT2D eigenvalue weighted by atomic mass is 10.3. The first kappa shape index (κ1) is 18.7. The van der Waals surface area contributed by atoms with Gasteiger partial charge in [-0.05, 0) is 18.2 Å². The van der Waals surface area contributed by atoms with E-state index in [1.54, 1.807) is 0 Å². The quantitative estimate of drug-likeness (QED) is 0.493. The largest absolute Gasteiger partial charge is 0.349 e. The highest BCUT2D eigenvalue weighted by atomic mass is 35.5. The minimum atomic E-state index is -3.93. The SMILES string of the molecule is CN(C)C(=NCCNS(=O)(=O)c1ccc(Cl)cc1F)N(C)C. The first-order valence-corrected chi connectivity index (χ1v) is 8.35. The van der Waals surface area contributed by atoms with Crippen molar-refractivity contribution in [2.24, 2.45) is 4.99 Å². The molecule has 124 valence electrons. The van der Waals surface area contributed by atoms with Gasteiger partial charge in [-0.25, -0.2) is 17.5 Å². The number of rotatable bonds is 5. The van der Waals surface area contributed by atoms with E-state index in [2.05, 4.69) is 9.71 Å². The first-order valence-electron chi connectivity index (χ1n) is 6.49. The predicted molar refractivity (Wildman–Crippen MR) is 86.3 cm³/mol. The Bertz CT molecular complexity index is 637. The fourth-order valence-corrected chi connectivity index (χ4v) is 3.03. The maximum absolute atomic E-state index is 13.7. The van der Waals surface area contributed by atoms with E-state index in [1.165, 1.54) is 6.07 Å². The Morgan fingerprint density at radius 2 is 1.86 bits per heavy atom. The molecular formula is C13H20ClFN4O2S. The third-order valence-corrected chi connectivity index (χ3v) is 4.37. The molecule has 0 aromatic heterocycles. The highest BCUT2D eigenvalue weighted by molar-refractivity contribution is 7.89. The van der Waals surface area contributed by atoms with E-state index in [4.69, 9.17) is 11.6 Å². The molecule has 0 atom stereocenters. The van der Waals surface area contributed by atoms with E-state index in [-0.39, 0.29) is 18.1 Å². The third kappa shape index (κ3) is 5.11. The highest BCUT2D eigenvalue weighted by Gasteiger charge is 2.18. The predicted octanol–water partition coefficient (Wildman–Crippen LogP) is 1.24. The minimum Gasteiger partial charge on any atom is -0.349 e. The zero-order chi connectivity index (χ0) is 16.9. The summed E-state index contributed by atoms with van der Waals surface area (Å²) >= 11 is 5.61. The van der Waals surface area contributed by atoms with Gasteiger partial charge < -0.3 is 9.80 Å². The Labute approximate surface area is 135 Å². The third-order valence-electron chi connectivity index (χ3n) is 2.64. The van der Waals surface area contributed by atoms with Gasteiger partial charge in [-0.2, -0.15) is 0 Å². The van der Waals surface area contributed by atoms with Crippen LogP contribution in [0.1, 0.15) is 0 Å². The summed E-state index contributed by atoms with van der Waals surface area (Å²) in [5, 5.41) is 0.141. The van der Waals surface area contributed by atoms with Gasteiger partial charge in [-0.15, -0.1) is 0 Å². The van der Waals surface area contributed by atoms with Crippen LogP contribution >= 0.6 is 11.6 Å². The summed E-state index contributed by atoms with van der Waals surface area (Å²) in [4.78, 5) is 7.48. The molecule has 0 bridgehead atoms. The minimum absolute atomic E-state index is 0.0651. The van der Waals surface area contributed by atoms with Crippen molar-refractivity contribution in [3.63, 3.8) is 0 Å². The molecule has 22 heavy (non-hydrogen) atoms. The fourth-order valence-electron chi connectivity index (χ4n) is 1.79. The molecule has 0 aliphatic carbocycles. The monoisotopic (exact) mass is 350 g/mol.